The molecule has 0 saturated carbocycles. The third kappa shape index (κ3) is 3.93. The van der Waals surface area contributed by atoms with Crippen LogP contribution in [0.2, 0.25) is 5.02 Å². The Balaban J connectivity index is 1.90. The van der Waals surface area contributed by atoms with Crippen molar-refractivity contribution < 1.29 is 9.90 Å². The summed E-state index contributed by atoms with van der Waals surface area (Å²) in [4.78, 5) is 15.0. The number of hydrogen-bond acceptors (Lipinski definition) is 3. The van der Waals surface area contributed by atoms with Crippen LogP contribution < -0.4 is 0 Å². The Morgan fingerprint density at radius 3 is 2.37 bits per heavy atom. The zero-order chi connectivity index (χ0) is 13.8. The van der Waals surface area contributed by atoms with Crippen LogP contribution in [0.5, 0.6) is 0 Å². The molecular weight excluding hydrogens is 264 g/mol. The first-order valence-electron chi connectivity index (χ1n) is 6.50. The van der Waals surface area contributed by atoms with Crippen LogP contribution in [0.25, 0.3) is 0 Å². The average molecular weight is 283 g/mol. The van der Waals surface area contributed by atoms with E-state index in [9.17, 15) is 4.79 Å². The molecule has 0 unspecified atom stereocenters. The molecule has 0 amide bonds. The highest BCUT2D eigenvalue weighted by molar-refractivity contribution is 6.30. The van der Waals surface area contributed by atoms with E-state index in [4.69, 9.17) is 16.7 Å². The normalized spacial score (nSPS) is 19.3. The van der Waals surface area contributed by atoms with Gasteiger partial charge in [-0.15, -0.1) is 0 Å². The zero-order valence-electron chi connectivity index (χ0n) is 11.1. The molecule has 0 aromatic heterocycles. The van der Waals surface area contributed by atoms with Crippen LogP contribution >= 0.6 is 11.6 Å². The molecule has 0 radical (unpaired) electrons. The highest BCUT2D eigenvalue weighted by atomic mass is 35.5. The maximum absolute atomic E-state index is 10.7. The summed E-state index contributed by atoms with van der Waals surface area (Å²) in [5.74, 6) is -0.751. The molecule has 0 bridgehead atoms. The van der Waals surface area contributed by atoms with E-state index in [0.29, 0.717) is 6.04 Å². The van der Waals surface area contributed by atoms with Crippen LogP contribution in [0.1, 0.15) is 18.5 Å². The highest BCUT2D eigenvalue weighted by Gasteiger charge is 2.22. The first kappa shape index (κ1) is 14.3. The van der Waals surface area contributed by atoms with Gasteiger partial charge in [0, 0.05) is 37.2 Å². The van der Waals surface area contributed by atoms with Crippen molar-refractivity contribution in [3.8, 4) is 0 Å². The number of halogens is 1. The van der Waals surface area contributed by atoms with Gasteiger partial charge >= 0.3 is 5.97 Å². The number of nitrogens with zero attached hydrogens (tertiary/aromatic N) is 2. The van der Waals surface area contributed by atoms with Crippen molar-refractivity contribution in [2.75, 3.05) is 32.7 Å². The zero-order valence-corrected chi connectivity index (χ0v) is 11.8. The summed E-state index contributed by atoms with van der Waals surface area (Å²) in [6, 6.07) is 8.26. The molecule has 1 aromatic carbocycles. The van der Waals surface area contributed by atoms with Crippen LogP contribution in [-0.4, -0.2) is 53.6 Å². The maximum Gasteiger partial charge on any atom is 0.317 e. The molecule has 104 valence electrons. The van der Waals surface area contributed by atoms with Gasteiger partial charge in [0.05, 0.1) is 6.54 Å². The van der Waals surface area contributed by atoms with Gasteiger partial charge in [-0.2, -0.15) is 0 Å². The van der Waals surface area contributed by atoms with E-state index in [1.54, 1.807) is 0 Å². The summed E-state index contributed by atoms with van der Waals surface area (Å²) in [7, 11) is 0. The second-order valence-electron chi connectivity index (χ2n) is 4.93. The van der Waals surface area contributed by atoms with Crippen molar-refractivity contribution in [3.05, 3.63) is 34.9 Å². The molecule has 1 aliphatic heterocycles. The molecule has 1 fully saturated rings. The molecule has 1 N–H and O–H groups in total. The van der Waals surface area contributed by atoms with Crippen molar-refractivity contribution in [1.29, 1.82) is 0 Å². The Hall–Kier alpha value is -1.10. The van der Waals surface area contributed by atoms with Gasteiger partial charge in [0.15, 0.2) is 0 Å². The molecule has 1 atom stereocenters. The van der Waals surface area contributed by atoms with E-state index in [-0.39, 0.29) is 6.54 Å². The fourth-order valence-electron chi connectivity index (χ4n) is 2.45. The molecule has 1 saturated heterocycles. The number of carboxylic acid groups (broad SMARTS) is 1. The second kappa shape index (κ2) is 6.37. The van der Waals surface area contributed by atoms with Gasteiger partial charge in [0.2, 0.25) is 0 Å². The number of piperazine rings is 1. The van der Waals surface area contributed by atoms with E-state index in [0.717, 1.165) is 31.2 Å². The topological polar surface area (TPSA) is 43.8 Å². The molecule has 1 heterocycles. The van der Waals surface area contributed by atoms with E-state index in [2.05, 4.69) is 24.0 Å². The van der Waals surface area contributed by atoms with Crippen molar-refractivity contribution in [2.45, 2.75) is 13.0 Å². The van der Waals surface area contributed by atoms with Crippen LogP contribution in [0.15, 0.2) is 24.3 Å². The number of rotatable bonds is 4. The van der Waals surface area contributed by atoms with Crippen LogP contribution in [-0.2, 0) is 4.79 Å². The third-order valence-electron chi connectivity index (χ3n) is 3.67. The SMILES string of the molecule is C[C@H](c1ccc(Cl)cc1)N1CCN(CC(=O)O)CC1. The number of hydrogen-bond donors (Lipinski definition) is 1. The molecule has 1 aliphatic rings. The van der Waals surface area contributed by atoms with Gasteiger partial charge in [-0.1, -0.05) is 23.7 Å². The molecule has 4 nitrogen and oxygen atoms in total. The quantitative estimate of drug-likeness (QED) is 0.919. The largest absolute Gasteiger partial charge is 0.480 e. The highest BCUT2D eigenvalue weighted by Crippen LogP contribution is 2.22. The third-order valence-corrected chi connectivity index (χ3v) is 3.92. The Kier molecular flexibility index (Phi) is 4.80. The molecule has 1 aromatic rings. The summed E-state index contributed by atoms with van der Waals surface area (Å²) >= 11 is 5.89. The monoisotopic (exact) mass is 282 g/mol. The number of benzene rings is 1. The summed E-state index contributed by atoms with van der Waals surface area (Å²) in [6.07, 6.45) is 0. The standard InChI is InChI=1S/C14H19ClN2O2/c1-11(12-2-4-13(15)5-3-12)17-8-6-16(7-9-17)10-14(18)19/h2-5,11H,6-10H2,1H3,(H,18,19)/t11-/m1/s1. The minimum Gasteiger partial charge on any atom is -0.480 e. The fraction of sp³-hybridized carbons (Fsp3) is 0.500. The molecule has 5 heteroatoms. The van der Waals surface area contributed by atoms with Crippen LogP contribution in [0.4, 0.5) is 0 Å². The first-order chi connectivity index (χ1) is 9.06. The summed E-state index contributed by atoms with van der Waals surface area (Å²) in [6.45, 7) is 5.74. The lowest BCUT2D eigenvalue weighted by molar-refractivity contribution is -0.138. The second-order valence-corrected chi connectivity index (χ2v) is 5.37. The maximum atomic E-state index is 10.7. The minimum absolute atomic E-state index is 0.142. The van der Waals surface area contributed by atoms with Crippen molar-refractivity contribution in [2.24, 2.45) is 0 Å². The fourth-order valence-corrected chi connectivity index (χ4v) is 2.58. The average Bonchev–Trinajstić information content (AvgIpc) is 2.39. The van der Waals surface area contributed by atoms with Crippen molar-refractivity contribution in [3.63, 3.8) is 0 Å². The summed E-state index contributed by atoms with van der Waals surface area (Å²) in [5.41, 5.74) is 1.25. The number of carbonyl (C=O) groups is 1. The van der Waals surface area contributed by atoms with E-state index in [1.807, 2.05) is 17.0 Å². The Bertz CT molecular complexity index is 428. The number of carboxylic acids is 1. The van der Waals surface area contributed by atoms with Gasteiger partial charge in [-0.25, -0.2) is 0 Å². The summed E-state index contributed by atoms with van der Waals surface area (Å²) in [5, 5.41) is 9.53. The predicted molar refractivity (Wildman–Crippen MR) is 75.5 cm³/mol. The van der Waals surface area contributed by atoms with Crippen molar-refractivity contribution >= 4 is 17.6 Å². The minimum atomic E-state index is -0.751. The Morgan fingerprint density at radius 1 is 1.26 bits per heavy atom. The first-order valence-corrected chi connectivity index (χ1v) is 6.87. The molecule has 0 aliphatic carbocycles. The van der Waals surface area contributed by atoms with Gasteiger partial charge in [-0.05, 0) is 24.6 Å². The Labute approximate surface area is 118 Å². The lowest BCUT2D eigenvalue weighted by Gasteiger charge is -2.37. The Morgan fingerprint density at radius 2 is 1.84 bits per heavy atom. The summed E-state index contributed by atoms with van der Waals surface area (Å²) < 4.78 is 0. The van der Waals surface area contributed by atoms with Crippen LogP contribution in [0.3, 0.4) is 0 Å². The van der Waals surface area contributed by atoms with Gasteiger partial charge in [0.1, 0.15) is 0 Å². The van der Waals surface area contributed by atoms with Gasteiger partial charge < -0.3 is 5.11 Å². The predicted octanol–water partition coefficient (Wildman–Crippen LogP) is 2.10. The number of aliphatic carboxylic acids is 1. The molecule has 19 heavy (non-hydrogen) atoms. The smallest absolute Gasteiger partial charge is 0.317 e. The lowest BCUT2D eigenvalue weighted by atomic mass is 10.1. The van der Waals surface area contributed by atoms with E-state index < -0.39 is 5.97 Å². The van der Waals surface area contributed by atoms with Gasteiger partial charge in [0.25, 0.3) is 0 Å². The molecule has 0 spiro atoms. The van der Waals surface area contributed by atoms with E-state index in [1.165, 1.54) is 5.56 Å². The molecular formula is C14H19ClN2O2. The van der Waals surface area contributed by atoms with E-state index >= 15 is 0 Å². The van der Waals surface area contributed by atoms with Gasteiger partial charge in [-0.3, -0.25) is 14.6 Å². The lowest BCUT2D eigenvalue weighted by Crippen LogP contribution is -2.48. The van der Waals surface area contributed by atoms with Crippen molar-refractivity contribution in [1.82, 2.24) is 9.80 Å². The van der Waals surface area contributed by atoms with Crippen LogP contribution in [0, 0.1) is 0 Å². The molecule has 2 rings (SSSR count).